The summed E-state index contributed by atoms with van der Waals surface area (Å²) in [5, 5.41) is 8.92. The molecule has 0 aromatic carbocycles. The van der Waals surface area contributed by atoms with Gasteiger partial charge in [0.2, 0.25) is 0 Å². The number of carbonyl (C=O) groups is 1. The van der Waals surface area contributed by atoms with Crippen molar-refractivity contribution in [1.82, 2.24) is 0 Å². The summed E-state index contributed by atoms with van der Waals surface area (Å²) in [6.07, 6.45) is 11.9. The Morgan fingerprint density at radius 2 is 2.00 bits per heavy atom. The standard InChI is InChI=1S/C14H16O2/c1-10-2-4-11(5-3-10)12-6-8-13(9-7-12)14(15)16/h2-5,12-13H,1,6-9H2/p+1. The Kier molecular flexibility index (Phi) is 3.18. The van der Waals surface area contributed by atoms with Crippen LogP contribution >= 0.6 is 0 Å². The maximum atomic E-state index is 10.8. The molecule has 1 saturated carbocycles. The van der Waals surface area contributed by atoms with E-state index in [1.165, 1.54) is 5.57 Å². The highest BCUT2D eigenvalue weighted by molar-refractivity contribution is 5.70. The topological polar surface area (TPSA) is 37.3 Å². The van der Waals surface area contributed by atoms with E-state index >= 15 is 0 Å². The molecule has 0 spiro atoms. The Morgan fingerprint density at radius 1 is 1.31 bits per heavy atom. The van der Waals surface area contributed by atoms with Crippen LogP contribution in [-0.2, 0) is 4.79 Å². The van der Waals surface area contributed by atoms with Crippen LogP contribution in [0.4, 0.5) is 0 Å². The van der Waals surface area contributed by atoms with Crippen LogP contribution in [0.5, 0.6) is 0 Å². The van der Waals surface area contributed by atoms with E-state index in [2.05, 4.69) is 18.7 Å². The van der Waals surface area contributed by atoms with Gasteiger partial charge in [0.05, 0.1) is 11.5 Å². The molecule has 1 fully saturated rings. The summed E-state index contributed by atoms with van der Waals surface area (Å²) in [5.41, 5.74) is 2.36. The Balaban J connectivity index is 1.92. The van der Waals surface area contributed by atoms with Crippen LogP contribution in [0.15, 0.2) is 36.0 Å². The number of carboxylic acid groups (broad SMARTS) is 1. The number of rotatable bonds is 2. The van der Waals surface area contributed by atoms with Crippen molar-refractivity contribution in [3.63, 3.8) is 0 Å². The molecule has 2 aliphatic carbocycles. The summed E-state index contributed by atoms with van der Waals surface area (Å²) in [6, 6.07) is 0. The zero-order chi connectivity index (χ0) is 11.5. The second-order valence-electron chi connectivity index (χ2n) is 4.63. The third-order valence-corrected chi connectivity index (χ3v) is 3.53. The van der Waals surface area contributed by atoms with Crippen LogP contribution in [0.3, 0.4) is 0 Å². The van der Waals surface area contributed by atoms with Crippen molar-refractivity contribution < 1.29 is 9.90 Å². The lowest BCUT2D eigenvalue weighted by molar-refractivity contribution is -0.142. The second-order valence-corrected chi connectivity index (χ2v) is 4.63. The van der Waals surface area contributed by atoms with E-state index in [0.717, 1.165) is 31.3 Å². The van der Waals surface area contributed by atoms with Gasteiger partial charge in [-0.1, -0.05) is 0 Å². The highest BCUT2D eigenvalue weighted by Crippen LogP contribution is 2.35. The Hall–Kier alpha value is -1.44. The molecule has 0 aromatic rings. The van der Waals surface area contributed by atoms with Crippen molar-refractivity contribution in [2.45, 2.75) is 25.7 Å². The number of hydrogen-bond donors (Lipinski definition) is 1. The summed E-state index contributed by atoms with van der Waals surface area (Å²) in [5.74, 6) is -0.217. The highest BCUT2D eigenvalue weighted by atomic mass is 16.4. The van der Waals surface area contributed by atoms with Gasteiger partial charge >= 0.3 is 5.97 Å². The molecule has 2 nitrogen and oxygen atoms in total. The third-order valence-electron chi connectivity index (χ3n) is 3.53. The molecule has 0 radical (unpaired) electrons. The van der Waals surface area contributed by atoms with E-state index in [4.69, 9.17) is 5.11 Å². The van der Waals surface area contributed by atoms with E-state index in [0.29, 0.717) is 5.92 Å². The van der Waals surface area contributed by atoms with Crippen molar-refractivity contribution in [2.75, 3.05) is 0 Å². The fourth-order valence-corrected chi connectivity index (χ4v) is 2.46. The zero-order valence-electron chi connectivity index (χ0n) is 9.36. The van der Waals surface area contributed by atoms with Gasteiger partial charge in [-0.25, -0.2) is 0 Å². The van der Waals surface area contributed by atoms with Gasteiger partial charge in [-0.3, -0.25) is 4.79 Å². The normalized spacial score (nSPS) is 29.5. The first-order chi connectivity index (χ1) is 7.66. The SMILES string of the molecule is C=C1C=CC(C2CCC(C(=O)O)CC2)=C[CH+]1. The maximum Gasteiger partial charge on any atom is 0.306 e. The van der Waals surface area contributed by atoms with Gasteiger partial charge in [-0.05, 0) is 32.3 Å². The van der Waals surface area contributed by atoms with E-state index in [9.17, 15) is 4.79 Å². The van der Waals surface area contributed by atoms with Crippen molar-refractivity contribution >= 4 is 5.97 Å². The van der Waals surface area contributed by atoms with Crippen LogP contribution in [0.25, 0.3) is 0 Å². The van der Waals surface area contributed by atoms with Gasteiger partial charge in [-0.2, -0.15) is 0 Å². The van der Waals surface area contributed by atoms with Crippen LogP contribution in [-0.4, -0.2) is 11.1 Å². The summed E-state index contributed by atoms with van der Waals surface area (Å²) < 4.78 is 0. The van der Waals surface area contributed by atoms with Crippen LogP contribution in [0.2, 0.25) is 0 Å². The predicted octanol–water partition coefficient (Wildman–Crippen LogP) is 3.13. The molecule has 2 rings (SSSR count). The van der Waals surface area contributed by atoms with Gasteiger partial charge in [0.1, 0.15) is 0 Å². The molecule has 2 heteroatoms. The average molecular weight is 217 g/mol. The van der Waals surface area contributed by atoms with Crippen molar-refractivity contribution in [3.05, 3.63) is 42.4 Å². The Morgan fingerprint density at radius 3 is 2.50 bits per heavy atom. The minimum absolute atomic E-state index is 0.122. The molecule has 0 aliphatic heterocycles. The fraction of sp³-hybridized carbons (Fsp3) is 0.429. The van der Waals surface area contributed by atoms with Gasteiger partial charge in [0, 0.05) is 36.1 Å². The Bertz CT molecular complexity index is 355. The van der Waals surface area contributed by atoms with Crippen molar-refractivity contribution in [3.8, 4) is 0 Å². The largest absolute Gasteiger partial charge is 0.481 e. The molecule has 0 saturated heterocycles. The fourth-order valence-electron chi connectivity index (χ4n) is 2.46. The molecule has 0 amide bonds. The second kappa shape index (κ2) is 4.60. The summed E-state index contributed by atoms with van der Waals surface area (Å²) in [7, 11) is 0. The minimum atomic E-state index is -0.633. The molecule has 0 atom stereocenters. The van der Waals surface area contributed by atoms with Crippen LogP contribution in [0.1, 0.15) is 25.7 Å². The third kappa shape index (κ3) is 2.38. The maximum absolute atomic E-state index is 10.8. The van der Waals surface area contributed by atoms with E-state index in [1.807, 2.05) is 12.5 Å². The first-order valence-corrected chi connectivity index (χ1v) is 5.81. The van der Waals surface area contributed by atoms with E-state index in [1.54, 1.807) is 0 Å². The first-order valence-electron chi connectivity index (χ1n) is 5.81. The van der Waals surface area contributed by atoms with Crippen molar-refractivity contribution in [1.29, 1.82) is 0 Å². The molecule has 0 heterocycles. The van der Waals surface area contributed by atoms with E-state index < -0.39 is 5.97 Å². The number of aliphatic carboxylic acids is 1. The molecule has 2 aliphatic rings. The number of allylic oxidation sites excluding steroid dienone is 5. The Labute approximate surface area is 96.4 Å². The van der Waals surface area contributed by atoms with E-state index in [-0.39, 0.29) is 5.92 Å². The molecule has 16 heavy (non-hydrogen) atoms. The molecule has 0 unspecified atom stereocenters. The molecule has 0 aromatic heterocycles. The average Bonchev–Trinajstić information content (AvgIpc) is 2.30. The molecular formula is C14H17O2+. The summed E-state index contributed by atoms with van der Waals surface area (Å²) >= 11 is 0. The summed E-state index contributed by atoms with van der Waals surface area (Å²) in [6.45, 7) is 3.86. The van der Waals surface area contributed by atoms with Crippen LogP contribution in [0, 0.1) is 18.3 Å². The van der Waals surface area contributed by atoms with Gasteiger partial charge in [-0.15, -0.1) is 0 Å². The molecule has 1 N–H and O–H groups in total. The smallest absolute Gasteiger partial charge is 0.306 e. The lowest BCUT2D eigenvalue weighted by Gasteiger charge is -2.25. The van der Waals surface area contributed by atoms with Gasteiger partial charge in [0.25, 0.3) is 0 Å². The zero-order valence-corrected chi connectivity index (χ0v) is 9.36. The molecular weight excluding hydrogens is 200 g/mol. The molecule has 84 valence electrons. The highest BCUT2D eigenvalue weighted by Gasteiger charge is 2.29. The van der Waals surface area contributed by atoms with Crippen LogP contribution < -0.4 is 0 Å². The number of hydrogen-bond acceptors (Lipinski definition) is 1. The predicted molar refractivity (Wildman–Crippen MR) is 63.7 cm³/mol. The first kappa shape index (κ1) is 11.1. The lowest BCUT2D eigenvalue weighted by atomic mass is 9.77. The minimum Gasteiger partial charge on any atom is -0.481 e. The molecule has 0 bridgehead atoms. The lowest BCUT2D eigenvalue weighted by Crippen LogP contribution is -2.22. The van der Waals surface area contributed by atoms with Crippen molar-refractivity contribution in [2.24, 2.45) is 11.8 Å². The quantitative estimate of drug-likeness (QED) is 0.721. The van der Waals surface area contributed by atoms with Gasteiger partial charge in [0.15, 0.2) is 0 Å². The van der Waals surface area contributed by atoms with Gasteiger partial charge < -0.3 is 5.11 Å². The summed E-state index contributed by atoms with van der Waals surface area (Å²) in [4.78, 5) is 10.8. The monoisotopic (exact) mass is 217 g/mol. The number of carboxylic acids is 1.